The van der Waals surface area contributed by atoms with Crippen LogP contribution >= 0.6 is 15.9 Å². The number of hydrogen-bond acceptors (Lipinski definition) is 5. The Labute approximate surface area is 213 Å². The number of anilines is 3. The van der Waals surface area contributed by atoms with Crippen molar-refractivity contribution in [3.05, 3.63) is 83.3 Å². The van der Waals surface area contributed by atoms with Crippen molar-refractivity contribution in [1.82, 2.24) is 0 Å². The van der Waals surface area contributed by atoms with Crippen LogP contribution in [0.1, 0.15) is 0 Å². The Morgan fingerprint density at radius 3 is 2.14 bits per heavy atom. The smallest absolute Gasteiger partial charge is 0.255 e. The first-order chi connectivity index (χ1) is 16.7. The number of para-hydroxylation sites is 1. The van der Waals surface area contributed by atoms with Crippen molar-refractivity contribution in [2.75, 3.05) is 48.5 Å². The van der Waals surface area contributed by atoms with Crippen LogP contribution in [-0.2, 0) is 14.4 Å². The zero-order chi connectivity index (χ0) is 25.4. The van der Waals surface area contributed by atoms with E-state index < -0.39 is 5.91 Å². The van der Waals surface area contributed by atoms with Crippen LogP contribution < -0.4 is 25.2 Å². The van der Waals surface area contributed by atoms with Crippen molar-refractivity contribution in [2.45, 2.75) is 0 Å². The van der Waals surface area contributed by atoms with Crippen LogP contribution in [0.25, 0.3) is 0 Å². The Morgan fingerprint density at radius 2 is 1.46 bits per heavy atom. The van der Waals surface area contributed by atoms with Crippen LogP contribution in [0.4, 0.5) is 17.1 Å². The predicted molar refractivity (Wildman–Crippen MR) is 141 cm³/mol. The monoisotopic (exact) mass is 538 g/mol. The molecule has 182 valence electrons. The van der Waals surface area contributed by atoms with Crippen LogP contribution in [0.5, 0.6) is 5.75 Å². The summed E-state index contributed by atoms with van der Waals surface area (Å²) in [6.45, 7) is -0.445. The van der Waals surface area contributed by atoms with Crippen LogP contribution in [-0.4, -0.2) is 51.5 Å². The molecular weight excluding hydrogens is 512 g/mol. The predicted octanol–water partition coefficient (Wildman–Crippen LogP) is 3.45. The molecule has 0 fully saturated rings. The Morgan fingerprint density at radius 1 is 0.800 bits per heavy atom. The number of halogens is 1. The largest absolute Gasteiger partial charge is 0.484 e. The van der Waals surface area contributed by atoms with Crippen molar-refractivity contribution in [3.63, 3.8) is 0 Å². The van der Waals surface area contributed by atoms with Gasteiger partial charge >= 0.3 is 0 Å². The fraction of sp³-hybridized carbons (Fsp3) is 0.192. The zero-order valence-corrected chi connectivity index (χ0v) is 21.1. The van der Waals surface area contributed by atoms with Gasteiger partial charge in [0.1, 0.15) is 12.3 Å². The summed E-state index contributed by atoms with van der Waals surface area (Å²) in [6.07, 6.45) is 0. The number of nitrogens with two attached hydrogens (primary N) is 1. The molecule has 0 aliphatic heterocycles. The summed E-state index contributed by atoms with van der Waals surface area (Å²) < 4.78 is 6.29. The number of nitrogens with zero attached hydrogens (tertiary/aromatic N) is 3. The number of amides is 3. The summed E-state index contributed by atoms with van der Waals surface area (Å²) in [5.41, 5.74) is 7.20. The Balaban J connectivity index is 1.86. The van der Waals surface area contributed by atoms with Gasteiger partial charge in [0.2, 0.25) is 11.8 Å². The van der Waals surface area contributed by atoms with Crippen LogP contribution in [0, 0.1) is 0 Å². The molecule has 0 aromatic heterocycles. The van der Waals surface area contributed by atoms with E-state index in [0.717, 1.165) is 15.8 Å². The van der Waals surface area contributed by atoms with Crippen molar-refractivity contribution >= 4 is 50.7 Å². The lowest BCUT2D eigenvalue weighted by Gasteiger charge is -2.28. The summed E-state index contributed by atoms with van der Waals surface area (Å²) in [6, 6.07) is 23.5. The fourth-order valence-corrected chi connectivity index (χ4v) is 3.74. The minimum absolute atomic E-state index is 0.0329. The third-order valence-corrected chi connectivity index (χ3v) is 5.74. The van der Waals surface area contributed by atoms with Crippen LogP contribution in [0.2, 0.25) is 0 Å². The normalized spacial score (nSPS) is 10.4. The van der Waals surface area contributed by atoms with Gasteiger partial charge in [0.15, 0.2) is 6.61 Å². The number of benzene rings is 3. The first kappa shape index (κ1) is 25.8. The number of hydrogen-bond donors (Lipinski definition) is 1. The van der Waals surface area contributed by atoms with Gasteiger partial charge in [0.25, 0.3) is 5.91 Å². The van der Waals surface area contributed by atoms with E-state index in [4.69, 9.17) is 10.5 Å². The molecule has 0 aliphatic carbocycles. The number of primary amides is 1. The molecule has 0 spiro atoms. The topological polar surface area (TPSA) is 96.2 Å². The summed E-state index contributed by atoms with van der Waals surface area (Å²) >= 11 is 3.45. The maximum Gasteiger partial charge on any atom is 0.255 e. The number of carbonyl (C=O) groups excluding carboxylic acids is 3. The highest BCUT2D eigenvalue weighted by molar-refractivity contribution is 9.10. The molecular formula is C26H27BrN4O4. The molecule has 0 unspecified atom stereocenters. The minimum Gasteiger partial charge on any atom is -0.484 e. The van der Waals surface area contributed by atoms with E-state index in [1.165, 1.54) is 9.80 Å². The molecule has 0 atom stereocenters. The van der Waals surface area contributed by atoms with Crippen molar-refractivity contribution in [1.29, 1.82) is 0 Å². The van der Waals surface area contributed by atoms with Gasteiger partial charge in [-0.15, -0.1) is 0 Å². The first-order valence-electron chi connectivity index (χ1n) is 10.8. The zero-order valence-electron chi connectivity index (χ0n) is 19.6. The van der Waals surface area contributed by atoms with Gasteiger partial charge in [-0.1, -0.05) is 46.3 Å². The van der Waals surface area contributed by atoms with E-state index >= 15 is 0 Å². The van der Waals surface area contributed by atoms with E-state index in [0.29, 0.717) is 11.4 Å². The Hall–Kier alpha value is -3.85. The standard InChI is InChI=1S/C26H27BrN4O4/c1-29(21-11-6-8-19(27)14-21)16-26(34)31(17-25(33)30(2)20-9-4-3-5-10-20)22-12-7-13-23(15-22)35-18-24(28)32/h3-15H,16-18H2,1-2H3,(H2,28,32). The third kappa shape index (κ3) is 7.31. The van der Waals surface area contributed by atoms with Crippen LogP contribution in [0.3, 0.4) is 0 Å². The molecule has 0 radical (unpaired) electrons. The van der Waals surface area contributed by atoms with Crippen molar-refractivity contribution < 1.29 is 19.1 Å². The number of ether oxygens (including phenoxy) is 1. The second-order valence-electron chi connectivity index (χ2n) is 7.86. The Kier molecular flexibility index (Phi) is 8.86. The lowest BCUT2D eigenvalue weighted by Crippen LogP contribution is -2.45. The van der Waals surface area contributed by atoms with Gasteiger partial charge in [-0.3, -0.25) is 14.4 Å². The van der Waals surface area contributed by atoms with Crippen LogP contribution in [0.15, 0.2) is 83.3 Å². The maximum atomic E-state index is 13.5. The van der Waals surface area contributed by atoms with Gasteiger partial charge in [-0.05, 0) is 42.5 Å². The van der Waals surface area contributed by atoms with E-state index in [-0.39, 0.29) is 31.5 Å². The summed E-state index contributed by atoms with van der Waals surface area (Å²) in [7, 11) is 3.47. The Bertz CT molecular complexity index is 1190. The van der Waals surface area contributed by atoms with Crippen molar-refractivity contribution in [2.24, 2.45) is 5.73 Å². The third-order valence-electron chi connectivity index (χ3n) is 5.24. The molecule has 0 saturated heterocycles. The van der Waals surface area contributed by atoms with Gasteiger partial charge in [-0.25, -0.2) is 0 Å². The van der Waals surface area contributed by atoms with Gasteiger partial charge < -0.3 is 25.2 Å². The van der Waals surface area contributed by atoms with Gasteiger partial charge in [0.05, 0.1) is 6.54 Å². The van der Waals surface area contributed by atoms with Gasteiger partial charge in [-0.2, -0.15) is 0 Å². The summed E-state index contributed by atoms with van der Waals surface area (Å²) in [4.78, 5) is 42.5. The number of likely N-dealkylation sites (N-methyl/N-ethyl adjacent to an activating group) is 2. The molecule has 3 rings (SSSR count). The molecule has 8 nitrogen and oxygen atoms in total. The van der Waals surface area contributed by atoms with Crippen molar-refractivity contribution in [3.8, 4) is 5.75 Å². The second kappa shape index (κ2) is 12.0. The summed E-state index contributed by atoms with van der Waals surface area (Å²) in [5.74, 6) is -0.797. The quantitative estimate of drug-likeness (QED) is 0.426. The lowest BCUT2D eigenvalue weighted by atomic mass is 10.2. The molecule has 0 heterocycles. The second-order valence-corrected chi connectivity index (χ2v) is 8.77. The highest BCUT2D eigenvalue weighted by atomic mass is 79.9. The van der Waals surface area contributed by atoms with E-state index in [9.17, 15) is 14.4 Å². The molecule has 3 aromatic rings. The first-order valence-corrected chi connectivity index (χ1v) is 11.6. The lowest BCUT2D eigenvalue weighted by molar-refractivity contribution is -0.121. The average molecular weight is 539 g/mol. The molecule has 0 saturated carbocycles. The molecule has 3 aromatic carbocycles. The number of carbonyl (C=O) groups is 3. The fourth-order valence-electron chi connectivity index (χ4n) is 3.35. The average Bonchev–Trinajstić information content (AvgIpc) is 2.86. The molecule has 9 heteroatoms. The van der Waals surface area contributed by atoms with Gasteiger partial charge in [0, 0.05) is 41.7 Å². The molecule has 0 aliphatic rings. The van der Waals surface area contributed by atoms with E-state index in [1.807, 2.05) is 61.6 Å². The van der Waals surface area contributed by atoms with E-state index in [2.05, 4.69) is 15.9 Å². The molecule has 0 bridgehead atoms. The minimum atomic E-state index is -0.612. The maximum absolute atomic E-state index is 13.5. The highest BCUT2D eigenvalue weighted by Gasteiger charge is 2.23. The summed E-state index contributed by atoms with van der Waals surface area (Å²) in [5, 5.41) is 0. The molecule has 2 N–H and O–H groups in total. The SMILES string of the molecule is CN(CC(=O)N(CC(=O)N(C)c1ccccc1)c1cccc(OCC(N)=O)c1)c1cccc(Br)c1. The highest BCUT2D eigenvalue weighted by Crippen LogP contribution is 2.24. The molecule has 35 heavy (non-hydrogen) atoms. The van der Waals surface area contributed by atoms with E-state index in [1.54, 1.807) is 36.2 Å². The number of rotatable bonds is 10. The molecule has 3 amide bonds.